The number of rotatable bonds is 7. The Bertz CT molecular complexity index is 481. The second kappa shape index (κ2) is 8.34. The molecule has 114 valence electrons. The molecular weight excluding hydrogens is 306 g/mol. The van der Waals surface area contributed by atoms with Crippen LogP contribution in [0.5, 0.6) is 0 Å². The smallest absolute Gasteiger partial charge is 0.329 e. The molecule has 4 nitrogen and oxygen atoms in total. The molecule has 0 aliphatic carbocycles. The Kier molecular flexibility index (Phi) is 6.45. The summed E-state index contributed by atoms with van der Waals surface area (Å²) in [5.74, 6) is 1.09. The highest BCUT2D eigenvalue weighted by Gasteiger charge is 2.35. The number of cyclic esters (lactones) is 1. The number of nitrogens with one attached hydrogen (secondary N) is 1. The summed E-state index contributed by atoms with van der Waals surface area (Å²) in [4.78, 5) is 24.9. The van der Waals surface area contributed by atoms with Crippen molar-refractivity contribution in [3.8, 4) is 0 Å². The maximum absolute atomic E-state index is 12.0. The molecule has 0 saturated carbocycles. The maximum atomic E-state index is 12.0. The van der Waals surface area contributed by atoms with Gasteiger partial charge in [-0.05, 0) is 30.6 Å². The summed E-state index contributed by atoms with van der Waals surface area (Å²) in [5.41, 5.74) is 0. The molecule has 2 unspecified atom stereocenters. The summed E-state index contributed by atoms with van der Waals surface area (Å²) < 4.78 is 5.27. The molecule has 1 amide bonds. The number of thioether (sulfide) groups is 2. The predicted octanol–water partition coefficient (Wildman–Crippen LogP) is 2.33. The van der Waals surface area contributed by atoms with Crippen molar-refractivity contribution in [2.75, 3.05) is 17.8 Å². The second-order valence-corrected chi connectivity index (χ2v) is 6.87. The van der Waals surface area contributed by atoms with Crippen molar-refractivity contribution in [2.24, 2.45) is 0 Å². The zero-order chi connectivity index (χ0) is 15.1. The Morgan fingerprint density at radius 3 is 2.62 bits per heavy atom. The Morgan fingerprint density at radius 2 is 1.90 bits per heavy atom. The van der Waals surface area contributed by atoms with E-state index in [2.05, 4.69) is 5.32 Å². The van der Waals surface area contributed by atoms with Gasteiger partial charge in [0.25, 0.3) is 5.91 Å². The van der Waals surface area contributed by atoms with Crippen LogP contribution in [0.25, 0.3) is 0 Å². The van der Waals surface area contributed by atoms with E-state index < -0.39 is 12.1 Å². The van der Waals surface area contributed by atoms with Crippen LogP contribution in [0.3, 0.4) is 0 Å². The third-order valence-corrected chi connectivity index (χ3v) is 4.84. The van der Waals surface area contributed by atoms with Crippen LogP contribution in [0.2, 0.25) is 0 Å². The number of hydrogen-bond donors (Lipinski definition) is 1. The van der Waals surface area contributed by atoms with Gasteiger partial charge in [-0.1, -0.05) is 18.2 Å². The molecule has 1 saturated heterocycles. The van der Waals surface area contributed by atoms with Crippen LogP contribution in [0.15, 0.2) is 35.2 Å². The summed E-state index contributed by atoms with van der Waals surface area (Å²) in [7, 11) is 0. The molecular formula is C15H19NO3S2. The van der Waals surface area contributed by atoms with Crippen molar-refractivity contribution in [1.82, 2.24) is 5.32 Å². The molecule has 2 rings (SSSR count). The van der Waals surface area contributed by atoms with Gasteiger partial charge in [-0.25, -0.2) is 4.79 Å². The summed E-state index contributed by atoms with van der Waals surface area (Å²) in [6, 6.07) is 9.49. The van der Waals surface area contributed by atoms with Gasteiger partial charge >= 0.3 is 5.97 Å². The topological polar surface area (TPSA) is 55.4 Å². The fourth-order valence-corrected chi connectivity index (χ4v) is 3.40. The van der Waals surface area contributed by atoms with E-state index >= 15 is 0 Å². The SMILES string of the molecule is CSCCC1NC(=O)C(CCSc2ccccc2)OC1=O. The van der Waals surface area contributed by atoms with Crippen LogP contribution in [-0.4, -0.2) is 41.8 Å². The molecule has 1 aliphatic heterocycles. The lowest BCUT2D eigenvalue weighted by molar-refractivity contribution is -0.165. The van der Waals surface area contributed by atoms with Gasteiger partial charge < -0.3 is 10.1 Å². The molecule has 1 aliphatic rings. The van der Waals surface area contributed by atoms with Crippen molar-refractivity contribution in [2.45, 2.75) is 29.9 Å². The predicted molar refractivity (Wildman–Crippen MR) is 86.6 cm³/mol. The van der Waals surface area contributed by atoms with Crippen molar-refractivity contribution >= 4 is 35.4 Å². The van der Waals surface area contributed by atoms with Gasteiger partial charge in [0.05, 0.1) is 0 Å². The monoisotopic (exact) mass is 325 g/mol. The zero-order valence-electron chi connectivity index (χ0n) is 11.9. The summed E-state index contributed by atoms with van der Waals surface area (Å²) in [6.07, 6.45) is 2.47. The highest BCUT2D eigenvalue weighted by molar-refractivity contribution is 7.99. The molecule has 1 heterocycles. The summed E-state index contributed by atoms with van der Waals surface area (Å²) >= 11 is 3.31. The largest absolute Gasteiger partial charge is 0.451 e. The average Bonchev–Trinajstić information content (AvgIpc) is 2.50. The van der Waals surface area contributed by atoms with Crippen molar-refractivity contribution in [1.29, 1.82) is 0 Å². The molecule has 0 bridgehead atoms. The Balaban J connectivity index is 1.77. The minimum Gasteiger partial charge on any atom is -0.451 e. The lowest BCUT2D eigenvalue weighted by atomic mass is 10.1. The first-order valence-electron chi connectivity index (χ1n) is 6.88. The molecule has 1 aromatic carbocycles. The van der Waals surface area contributed by atoms with Gasteiger partial charge in [0.2, 0.25) is 0 Å². The number of carbonyl (C=O) groups excluding carboxylic acids is 2. The first-order chi connectivity index (χ1) is 10.2. The van der Waals surface area contributed by atoms with E-state index in [1.807, 2.05) is 36.6 Å². The van der Waals surface area contributed by atoms with Gasteiger partial charge in [-0.2, -0.15) is 11.8 Å². The molecule has 1 aromatic rings. The number of benzene rings is 1. The molecule has 0 spiro atoms. The summed E-state index contributed by atoms with van der Waals surface area (Å²) in [6.45, 7) is 0. The van der Waals surface area contributed by atoms with Gasteiger partial charge in [0.15, 0.2) is 6.10 Å². The maximum Gasteiger partial charge on any atom is 0.329 e. The standard InChI is InChI=1S/C15H19NO3S2/c1-20-9-7-12-15(18)19-13(14(17)16-12)8-10-21-11-5-3-2-4-6-11/h2-6,12-13H,7-10H2,1H3,(H,16,17). The Labute approximate surface area is 133 Å². The van der Waals surface area contributed by atoms with E-state index in [4.69, 9.17) is 4.74 Å². The quantitative estimate of drug-likeness (QED) is 0.616. The number of ether oxygens (including phenoxy) is 1. The van der Waals surface area contributed by atoms with E-state index in [1.54, 1.807) is 23.5 Å². The van der Waals surface area contributed by atoms with Crippen molar-refractivity contribution < 1.29 is 14.3 Å². The lowest BCUT2D eigenvalue weighted by Crippen LogP contribution is -2.54. The minimum atomic E-state index is -0.653. The van der Waals surface area contributed by atoms with E-state index in [0.717, 1.165) is 16.4 Å². The van der Waals surface area contributed by atoms with Gasteiger partial charge in [-0.3, -0.25) is 4.79 Å². The molecule has 0 radical (unpaired) electrons. The fourth-order valence-electron chi connectivity index (χ4n) is 2.02. The van der Waals surface area contributed by atoms with Gasteiger partial charge in [0.1, 0.15) is 6.04 Å². The molecule has 6 heteroatoms. The Hall–Kier alpha value is -1.14. The highest BCUT2D eigenvalue weighted by Crippen LogP contribution is 2.20. The molecule has 2 atom stereocenters. The average molecular weight is 325 g/mol. The lowest BCUT2D eigenvalue weighted by Gasteiger charge is -2.28. The third-order valence-electron chi connectivity index (χ3n) is 3.15. The van der Waals surface area contributed by atoms with E-state index in [9.17, 15) is 9.59 Å². The van der Waals surface area contributed by atoms with Crippen LogP contribution in [0.1, 0.15) is 12.8 Å². The minimum absolute atomic E-state index is 0.172. The zero-order valence-corrected chi connectivity index (χ0v) is 13.5. The highest BCUT2D eigenvalue weighted by atomic mass is 32.2. The van der Waals surface area contributed by atoms with Crippen LogP contribution >= 0.6 is 23.5 Å². The first-order valence-corrected chi connectivity index (χ1v) is 9.26. The van der Waals surface area contributed by atoms with E-state index in [-0.39, 0.29) is 11.9 Å². The molecule has 21 heavy (non-hydrogen) atoms. The van der Waals surface area contributed by atoms with Gasteiger partial charge in [-0.15, -0.1) is 11.8 Å². The van der Waals surface area contributed by atoms with Crippen molar-refractivity contribution in [3.63, 3.8) is 0 Å². The number of hydrogen-bond acceptors (Lipinski definition) is 5. The van der Waals surface area contributed by atoms with Crippen molar-refractivity contribution in [3.05, 3.63) is 30.3 Å². The first kappa shape index (κ1) is 16.2. The third kappa shape index (κ3) is 4.97. The van der Waals surface area contributed by atoms with E-state index in [0.29, 0.717) is 12.8 Å². The van der Waals surface area contributed by atoms with E-state index in [1.165, 1.54) is 0 Å². The molecule has 0 aromatic heterocycles. The number of amides is 1. The Morgan fingerprint density at radius 1 is 1.14 bits per heavy atom. The fraction of sp³-hybridized carbons (Fsp3) is 0.467. The number of esters is 1. The second-order valence-electron chi connectivity index (χ2n) is 4.72. The molecule has 1 N–H and O–H groups in total. The number of carbonyl (C=O) groups is 2. The summed E-state index contributed by atoms with van der Waals surface area (Å²) in [5, 5.41) is 2.76. The van der Waals surface area contributed by atoms with Crippen LogP contribution < -0.4 is 5.32 Å². The van der Waals surface area contributed by atoms with Crippen LogP contribution in [0, 0.1) is 0 Å². The van der Waals surface area contributed by atoms with Crippen LogP contribution in [-0.2, 0) is 14.3 Å². The van der Waals surface area contributed by atoms with Gasteiger partial charge in [0, 0.05) is 17.1 Å². The normalized spacial score (nSPS) is 21.8. The van der Waals surface area contributed by atoms with Crippen LogP contribution in [0.4, 0.5) is 0 Å². The molecule has 1 fully saturated rings. The number of morpholine rings is 1.